The van der Waals surface area contributed by atoms with Crippen molar-refractivity contribution in [1.82, 2.24) is 0 Å². The molecule has 0 aliphatic carbocycles. The maximum Gasteiger partial charge on any atom is 0.255 e. The topological polar surface area (TPSA) is 55.1 Å². The Morgan fingerprint density at radius 2 is 1.89 bits per heavy atom. The van der Waals surface area contributed by atoms with Crippen molar-refractivity contribution in [2.75, 3.05) is 11.1 Å². The predicted octanol–water partition coefficient (Wildman–Crippen LogP) is 4.05. The molecule has 0 saturated heterocycles. The zero-order valence-corrected chi connectivity index (χ0v) is 12.5. The van der Waals surface area contributed by atoms with Gasteiger partial charge in [-0.25, -0.2) is 0 Å². The number of amides is 1. The summed E-state index contributed by atoms with van der Waals surface area (Å²) in [6.45, 7) is 0. The molecule has 2 aromatic rings. The molecule has 92 valence electrons. The number of carbonyl (C=O) groups excluding carboxylic acids is 1. The summed E-state index contributed by atoms with van der Waals surface area (Å²) in [5, 5.41) is 2.81. The maximum absolute atomic E-state index is 12.0. The first-order valence-electron chi connectivity index (χ1n) is 5.18. The minimum Gasteiger partial charge on any atom is -0.399 e. The molecule has 0 radical (unpaired) electrons. The van der Waals surface area contributed by atoms with Crippen molar-refractivity contribution < 1.29 is 4.79 Å². The van der Waals surface area contributed by atoms with Crippen molar-refractivity contribution in [1.29, 1.82) is 0 Å². The molecule has 1 amide bonds. The second kappa shape index (κ2) is 5.54. The number of nitrogens with two attached hydrogens (primary N) is 1. The Morgan fingerprint density at radius 1 is 1.11 bits per heavy atom. The molecule has 3 N–H and O–H groups in total. The van der Waals surface area contributed by atoms with Crippen LogP contribution in [0.2, 0.25) is 0 Å². The van der Waals surface area contributed by atoms with Gasteiger partial charge in [-0.3, -0.25) is 4.79 Å². The molecule has 5 heteroatoms. The van der Waals surface area contributed by atoms with Crippen molar-refractivity contribution in [3.63, 3.8) is 0 Å². The minimum atomic E-state index is -0.178. The van der Waals surface area contributed by atoms with Gasteiger partial charge in [0.2, 0.25) is 0 Å². The number of nitrogens with one attached hydrogen (secondary N) is 1. The Labute approximate surface area is 122 Å². The van der Waals surface area contributed by atoms with Gasteiger partial charge in [-0.2, -0.15) is 0 Å². The Hall–Kier alpha value is -1.33. The highest BCUT2D eigenvalue weighted by atomic mass is 79.9. The van der Waals surface area contributed by atoms with Crippen molar-refractivity contribution in [3.8, 4) is 0 Å². The summed E-state index contributed by atoms with van der Waals surface area (Å²) in [5.41, 5.74) is 7.52. The van der Waals surface area contributed by atoms with E-state index in [1.165, 1.54) is 0 Å². The molecule has 0 spiro atoms. The number of hydrogen-bond acceptors (Lipinski definition) is 2. The van der Waals surface area contributed by atoms with Gasteiger partial charge < -0.3 is 11.1 Å². The van der Waals surface area contributed by atoms with E-state index in [0.29, 0.717) is 16.9 Å². The summed E-state index contributed by atoms with van der Waals surface area (Å²) in [6.07, 6.45) is 0. The van der Waals surface area contributed by atoms with Crippen molar-refractivity contribution >= 4 is 49.1 Å². The van der Waals surface area contributed by atoms with Gasteiger partial charge in [0.05, 0.1) is 5.69 Å². The van der Waals surface area contributed by atoms with Crippen LogP contribution in [0.1, 0.15) is 10.4 Å². The molecule has 0 heterocycles. The second-order valence-corrected chi connectivity index (χ2v) is 5.47. The Balaban J connectivity index is 2.24. The molecule has 0 aliphatic heterocycles. The van der Waals surface area contributed by atoms with Crippen LogP contribution in [0.25, 0.3) is 0 Å². The minimum absolute atomic E-state index is 0.178. The van der Waals surface area contributed by atoms with Crippen LogP contribution < -0.4 is 11.1 Å². The summed E-state index contributed by atoms with van der Waals surface area (Å²) in [6, 6.07) is 12.5. The van der Waals surface area contributed by atoms with E-state index in [4.69, 9.17) is 5.73 Å². The Kier molecular flexibility index (Phi) is 4.04. The lowest BCUT2D eigenvalue weighted by Gasteiger charge is -2.08. The summed E-state index contributed by atoms with van der Waals surface area (Å²) < 4.78 is 1.65. The number of nitrogen functional groups attached to an aromatic ring is 1. The van der Waals surface area contributed by atoms with E-state index < -0.39 is 0 Å². The molecule has 0 bridgehead atoms. The first-order chi connectivity index (χ1) is 8.56. The number of hydrogen-bond donors (Lipinski definition) is 2. The molecule has 0 atom stereocenters. The molecule has 2 aromatic carbocycles. The molecule has 18 heavy (non-hydrogen) atoms. The van der Waals surface area contributed by atoms with Crippen LogP contribution >= 0.6 is 31.9 Å². The second-order valence-electron chi connectivity index (χ2n) is 3.70. The van der Waals surface area contributed by atoms with Crippen molar-refractivity contribution in [3.05, 3.63) is 57.0 Å². The largest absolute Gasteiger partial charge is 0.399 e. The van der Waals surface area contributed by atoms with Crippen LogP contribution in [0, 0.1) is 0 Å². The molecule has 0 saturated carbocycles. The van der Waals surface area contributed by atoms with Gasteiger partial charge in [0.15, 0.2) is 0 Å². The van der Waals surface area contributed by atoms with Gasteiger partial charge in [0, 0.05) is 20.2 Å². The first-order valence-corrected chi connectivity index (χ1v) is 6.77. The summed E-state index contributed by atoms with van der Waals surface area (Å²) >= 11 is 6.70. The van der Waals surface area contributed by atoms with E-state index in [1.54, 1.807) is 30.3 Å². The number of benzene rings is 2. The Morgan fingerprint density at radius 3 is 2.61 bits per heavy atom. The third-order valence-electron chi connectivity index (χ3n) is 2.33. The number of rotatable bonds is 2. The molecule has 0 unspecified atom stereocenters. The van der Waals surface area contributed by atoms with Crippen LogP contribution in [0.4, 0.5) is 11.4 Å². The van der Waals surface area contributed by atoms with Gasteiger partial charge in [-0.15, -0.1) is 0 Å². The van der Waals surface area contributed by atoms with Crippen LogP contribution in [-0.2, 0) is 0 Å². The van der Waals surface area contributed by atoms with E-state index >= 15 is 0 Å². The lowest BCUT2D eigenvalue weighted by Crippen LogP contribution is -2.12. The third-order valence-corrected chi connectivity index (χ3v) is 3.51. The van der Waals surface area contributed by atoms with Gasteiger partial charge in [-0.1, -0.05) is 22.0 Å². The highest BCUT2D eigenvalue weighted by Crippen LogP contribution is 2.25. The molecule has 0 aromatic heterocycles. The molecular weight excluding hydrogens is 360 g/mol. The smallest absolute Gasteiger partial charge is 0.255 e. The van der Waals surface area contributed by atoms with E-state index in [9.17, 15) is 4.79 Å². The van der Waals surface area contributed by atoms with Crippen LogP contribution in [0.15, 0.2) is 51.4 Å². The van der Waals surface area contributed by atoms with Crippen LogP contribution in [0.3, 0.4) is 0 Å². The highest BCUT2D eigenvalue weighted by molar-refractivity contribution is 9.10. The zero-order valence-electron chi connectivity index (χ0n) is 9.28. The average Bonchev–Trinajstić information content (AvgIpc) is 2.34. The van der Waals surface area contributed by atoms with Gasteiger partial charge in [0.1, 0.15) is 0 Å². The van der Waals surface area contributed by atoms with E-state index in [-0.39, 0.29) is 5.91 Å². The fourth-order valence-corrected chi connectivity index (χ4v) is 2.21. The number of carbonyl (C=O) groups is 1. The van der Waals surface area contributed by atoms with Gasteiger partial charge in [-0.05, 0) is 52.3 Å². The lowest BCUT2D eigenvalue weighted by molar-refractivity contribution is 0.102. The molecule has 2 rings (SSSR count). The number of anilines is 2. The van der Waals surface area contributed by atoms with Gasteiger partial charge in [0.25, 0.3) is 5.91 Å². The zero-order chi connectivity index (χ0) is 13.1. The molecule has 3 nitrogen and oxygen atoms in total. The van der Waals surface area contributed by atoms with E-state index in [1.807, 2.05) is 12.1 Å². The molecular formula is C13H10Br2N2O. The average molecular weight is 370 g/mol. The van der Waals surface area contributed by atoms with Crippen molar-refractivity contribution in [2.24, 2.45) is 0 Å². The quantitative estimate of drug-likeness (QED) is 0.784. The van der Waals surface area contributed by atoms with E-state index in [0.717, 1.165) is 8.95 Å². The molecule has 0 aliphatic rings. The van der Waals surface area contributed by atoms with Crippen LogP contribution in [-0.4, -0.2) is 5.91 Å². The monoisotopic (exact) mass is 368 g/mol. The molecule has 0 fully saturated rings. The summed E-state index contributed by atoms with van der Waals surface area (Å²) in [4.78, 5) is 12.0. The first kappa shape index (κ1) is 13.1. The maximum atomic E-state index is 12.0. The lowest BCUT2D eigenvalue weighted by atomic mass is 10.2. The highest BCUT2D eigenvalue weighted by Gasteiger charge is 2.08. The predicted molar refractivity (Wildman–Crippen MR) is 80.6 cm³/mol. The van der Waals surface area contributed by atoms with Crippen LogP contribution in [0.5, 0.6) is 0 Å². The fraction of sp³-hybridized carbons (Fsp3) is 0. The SMILES string of the molecule is Nc1ccc(Br)c(NC(=O)c2cccc(Br)c2)c1. The van der Waals surface area contributed by atoms with E-state index in [2.05, 4.69) is 37.2 Å². The summed E-state index contributed by atoms with van der Waals surface area (Å²) in [5.74, 6) is -0.178. The Bertz CT molecular complexity index is 599. The number of halogens is 2. The normalized spacial score (nSPS) is 10.1. The third kappa shape index (κ3) is 3.11. The fourth-order valence-electron chi connectivity index (χ4n) is 1.46. The van der Waals surface area contributed by atoms with Gasteiger partial charge >= 0.3 is 0 Å². The summed E-state index contributed by atoms with van der Waals surface area (Å²) in [7, 11) is 0. The van der Waals surface area contributed by atoms with Crippen molar-refractivity contribution in [2.45, 2.75) is 0 Å². The standard InChI is InChI=1S/C13H10Br2N2O/c14-9-3-1-2-8(6-9)13(18)17-12-7-10(16)4-5-11(12)15/h1-7H,16H2,(H,17,18).